The Morgan fingerprint density at radius 3 is 2.86 bits per heavy atom. The molecule has 9 nitrogen and oxygen atoms in total. The van der Waals surface area contributed by atoms with E-state index in [0.717, 1.165) is 24.2 Å². The molecule has 35 heavy (non-hydrogen) atoms. The van der Waals surface area contributed by atoms with Crippen molar-refractivity contribution in [3.63, 3.8) is 0 Å². The Bertz CT molecular complexity index is 1050. The molecule has 2 aliphatic rings. The SMILES string of the molecule is CCOc1cc(C(CC(=O)OCCC2CNCCO2)N2Cc3c(N)cccc3C2=O)ccc1OC. The highest BCUT2D eigenvalue weighted by atomic mass is 16.5. The van der Waals surface area contributed by atoms with Crippen molar-refractivity contribution in [3.05, 3.63) is 53.1 Å². The predicted octanol–water partition coefficient (Wildman–Crippen LogP) is 2.69. The first-order chi connectivity index (χ1) is 17.0. The molecule has 0 radical (unpaired) electrons. The van der Waals surface area contributed by atoms with Crippen LogP contribution in [0.15, 0.2) is 36.4 Å². The summed E-state index contributed by atoms with van der Waals surface area (Å²) in [6.45, 7) is 5.14. The number of carbonyl (C=O) groups excluding carboxylic acids is 2. The van der Waals surface area contributed by atoms with Gasteiger partial charge in [-0.2, -0.15) is 0 Å². The van der Waals surface area contributed by atoms with Crippen LogP contribution in [-0.2, 0) is 20.8 Å². The molecule has 0 aliphatic carbocycles. The van der Waals surface area contributed by atoms with Gasteiger partial charge in [0.15, 0.2) is 11.5 Å². The van der Waals surface area contributed by atoms with Crippen LogP contribution in [0.3, 0.4) is 0 Å². The Labute approximate surface area is 205 Å². The van der Waals surface area contributed by atoms with E-state index in [-0.39, 0.29) is 31.0 Å². The van der Waals surface area contributed by atoms with Crippen LogP contribution in [0, 0.1) is 0 Å². The van der Waals surface area contributed by atoms with Gasteiger partial charge >= 0.3 is 5.97 Å². The van der Waals surface area contributed by atoms with E-state index < -0.39 is 6.04 Å². The van der Waals surface area contributed by atoms with Crippen LogP contribution in [-0.4, -0.2) is 62.9 Å². The van der Waals surface area contributed by atoms with Gasteiger partial charge in [-0.15, -0.1) is 0 Å². The molecular weight excluding hydrogens is 450 g/mol. The standard InChI is InChI=1S/C26H33N3O6/c1-3-33-24-13-17(7-8-23(24)32-2)22(14-25(30)35-11-9-18-15-28-10-12-34-18)29-16-20-19(26(29)31)5-4-6-21(20)27/h4-8,13,18,22,28H,3,9-12,14-16,27H2,1-2H3. The highest BCUT2D eigenvalue weighted by Gasteiger charge is 2.36. The van der Waals surface area contributed by atoms with Gasteiger partial charge in [0, 0.05) is 42.9 Å². The zero-order valence-corrected chi connectivity index (χ0v) is 20.2. The quantitative estimate of drug-likeness (QED) is 0.392. The van der Waals surface area contributed by atoms with Gasteiger partial charge in [0.2, 0.25) is 0 Å². The summed E-state index contributed by atoms with van der Waals surface area (Å²) in [5, 5.41) is 3.26. The largest absolute Gasteiger partial charge is 0.493 e. The Hall–Kier alpha value is -3.30. The minimum Gasteiger partial charge on any atom is -0.493 e. The number of hydrogen-bond acceptors (Lipinski definition) is 8. The predicted molar refractivity (Wildman–Crippen MR) is 130 cm³/mol. The molecule has 1 saturated heterocycles. The van der Waals surface area contributed by atoms with Crippen molar-refractivity contribution in [2.24, 2.45) is 0 Å². The van der Waals surface area contributed by atoms with Crippen LogP contribution in [0.25, 0.3) is 0 Å². The van der Waals surface area contributed by atoms with Crippen LogP contribution in [0.4, 0.5) is 5.69 Å². The monoisotopic (exact) mass is 483 g/mol. The lowest BCUT2D eigenvalue weighted by Gasteiger charge is -2.28. The molecule has 0 saturated carbocycles. The van der Waals surface area contributed by atoms with Crippen LogP contribution < -0.4 is 20.5 Å². The maximum absolute atomic E-state index is 13.3. The third-order valence-electron chi connectivity index (χ3n) is 6.35. The molecule has 188 valence electrons. The molecule has 3 N–H and O–H groups in total. The number of carbonyl (C=O) groups is 2. The number of fused-ring (bicyclic) bond motifs is 1. The van der Waals surface area contributed by atoms with E-state index in [0.29, 0.717) is 48.9 Å². The summed E-state index contributed by atoms with van der Waals surface area (Å²) >= 11 is 0. The number of amides is 1. The minimum absolute atomic E-state index is 0.00129. The van der Waals surface area contributed by atoms with Crippen molar-refractivity contribution in [1.29, 1.82) is 0 Å². The lowest BCUT2D eigenvalue weighted by Crippen LogP contribution is -2.39. The molecule has 2 atom stereocenters. The van der Waals surface area contributed by atoms with Gasteiger partial charge in [-0.05, 0) is 36.8 Å². The third kappa shape index (κ3) is 5.68. The average Bonchev–Trinajstić information content (AvgIpc) is 3.21. The van der Waals surface area contributed by atoms with Gasteiger partial charge in [-0.3, -0.25) is 9.59 Å². The Balaban J connectivity index is 1.54. The van der Waals surface area contributed by atoms with E-state index in [1.807, 2.05) is 19.1 Å². The molecule has 4 rings (SSSR count). The Kier molecular flexibility index (Phi) is 8.09. The van der Waals surface area contributed by atoms with Crippen molar-refractivity contribution >= 4 is 17.6 Å². The summed E-state index contributed by atoms with van der Waals surface area (Å²) in [4.78, 5) is 27.9. The lowest BCUT2D eigenvalue weighted by atomic mass is 10.0. The second-order valence-electron chi connectivity index (χ2n) is 8.58. The number of rotatable bonds is 10. The highest BCUT2D eigenvalue weighted by Crippen LogP contribution is 2.38. The van der Waals surface area contributed by atoms with Crippen molar-refractivity contribution < 1.29 is 28.5 Å². The first-order valence-electron chi connectivity index (χ1n) is 12.0. The molecule has 2 heterocycles. The summed E-state index contributed by atoms with van der Waals surface area (Å²) in [5.41, 5.74) is 8.80. The number of nitrogens with one attached hydrogen (secondary N) is 1. The van der Waals surface area contributed by atoms with E-state index in [9.17, 15) is 9.59 Å². The molecule has 1 fully saturated rings. The molecular formula is C26H33N3O6. The summed E-state index contributed by atoms with van der Waals surface area (Å²) in [6, 6.07) is 10.2. The number of nitrogens with zero attached hydrogens (tertiary/aromatic N) is 1. The highest BCUT2D eigenvalue weighted by molar-refractivity contribution is 6.00. The maximum atomic E-state index is 13.3. The van der Waals surface area contributed by atoms with Crippen LogP contribution in [0.2, 0.25) is 0 Å². The average molecular weight is 484 g/mol. The number of morpholine rings is 1. The number of nitrogen functional groups attached to an aromatic ring is 1. The van der Waals surface area contributed by atoms with E-state index in [4.69, 9.17) is 24.7 Å². The summed E-state index contributed by atoms with van der Waals surface area (Å²) < 4.78 is 22.4. The summed E-state index contributed by atoms with van der Waals surface area (Å²) in [7, 11) is 1.57. The van der Waals surface area contributed by atoms with E-state index >= 15 is 0 Å². The van der Waals surface area contributed by atoms with Gasteiger partial charge in [-0.25, -0.2) is 0 Å². The van der Waals surface area contributed by atoms with E-state index in [1.54, 1.807) is 36.3 Å². The smallest absolute Gasteiger partial charge is 0.308 e. The number of benzene rings is 2. The van der Waals surface area contributed by atoms with Gasteiger partial charge in [0.1, 0.15) is 0 Å². The first-order valence-corrected chi connectivity index (χ1v) is 12.0. The van der Waals surface area contributed by atoms with Crippen molar-refractivity contribution in [2.75, 3.05) is 45.8 Å². The van der Waals surface area contributed by atoms with Gasteiger partial charge in [-0.1, -0.05) is 12.1 Å². The number of methoxy groups -OCH3 is 1. The molecule has 0 aromatic heterocycles. The Morgan fingerprint density at radius 2 is 2.14 bits per heavy atom. The zero-order valence-electron chi connectivity index (χ0n) is 20.2. The molecule has 0 spiro atoms. The maximum Gasteiger partial charge on any atom is 0.308 e. The van der Waals surface area contributed by atoms with E-state index in [2.05, 4.69) is 5.32 Å². The second kappa shape index (κ2) is 11.4. The molecule has 2 unspecified atom stereocenters. The molecule has 2 aromatic rings. The molecule has 0 bridgehead atoms. The lowest BCUT2D eigenvalue weighted by molar-refractivity contribution is -0.146. The normalized spacial score (nSPS) is 18.2. The van der Waals surface area contributed by atoms with Gasteiger partial charge in [0.25, 0.3) is 5.91 Å². The Morgan fingerprint density at radius 1 is 1.29 bits per heavy atom. The zero-order chi connectivity index (χ0) is 24.8. The first kappa shape index (κ1) is 24.8. The molecule has 9 heteroatoms. The fraction of sp³-hybridized carbons (Fsp3) is 0.462. The number of anilines is 1. The van der Waals surface area contributed by atoms with Crippen molar-refractivity contribution in [2.45, 2.75) is 38.5 Å². The van der Waals surface area contributed by atoms with Crippen LogP contribution in [0.5, 0.6) is 11.5 Å². The summed E-state index contributed by atoms with van der Waals surface area (Å²) in [5.74, 6) is 0.583. The van der Waals surface area contributed by atoms with E-state index in [1.165, 1.54) is 0 Å². The van der Waals surface area contributed by atoms with Gasteiger partial charge < -0.3 is 34.9 Å². The number of esters is 1. The van der Waals surface area contributed by atoms with Crippen LogP contribution in [0.1, 0.15) is 47.3 Å². The fourth-order valence-corrected chi connectivity index (χ4v) is 4.53. The van der Waals surface area contributed by atoms with Gasteiger partial charge in [0.05, 0.1) is 45.5 Å². The second-order valence-corrected chi connectivity index (χ2v) is 8.58. The third-order valence-corrected chi connectivity index (χ3v) is 6.35. The van der Waals surface area contributed by atoms with Crippen LogP contribution >= 0.6 is 0 Å². The molecule has 2 aromatic carbocycles. The van der Waals surface area contributed by atoms with Crippen molar-refractivity contribution in [3.8, 4) is 11.5 Å². The number of hydrogen-bond donors (Lipinski definition) is 2. The topological polar surface area (TPSA) is 112 Å². The molecule has 2 aliphatic heterocycles. The summed E-state index contributed by atoms with van der Waals surface area (Å²) in [6.07, 6.45) is 0.645. The minimum atomic E-state index is -0.556. The van der Waals surface area contributed by atoms with Crippen molar-refractivity contribution in [1.82, 2.24) is 10.2 Å². The molecule has 1 amide bonds. The number of ether oxygens (including phenoxy) is 4. The number of nitrogens with two attached hydrogens (primary N) is 1. The fourth-order valence-electron chi connectivity index (χ4n) is 4.53.